The second-order valence-electron chi connectivity index (χ2n) is 8.00. The third-order valence-corrected chi connectivity index (χ3v) is 5.16. The van der Waals surface area contributed by atoms with Gasteiger partial charge in [-0.25, -0.2) is 0 Å². The molecule has 1 nitrogen and oxygen atoms in total. The van der Waals surface area contributed by atoms with Gasteiger partial charge < -0.3 is 5.32 Å². The zero-order valence-corrected chi connectivity index (χ0v) is 15.8. The molecule has 1 saturated carbocycles. The summed E-state index contributed by atoms with van der Waals surface area (Å²) in [6, 6.07) is 15.5. The van der Waals surface area contributed by atoms with Crippen LogP contribution in [0.2, 0.25) is 5.02 Å². The number of rotatable bonds is 6. The number of halogens is 1. The first-order valence-electron chi connectivity index (χ1n) is 9.02. The summed E-state index contributed by atoms with van der Waals surface area (Å²) >= 11 is 6.30. The molecule has 2 aromatic carbocycles. The van der Waals surface area contributed by atoms with Crippen LogP contribution < -0.4 is 5.32 Å². The Bertz CT molecular complexity index is 678. The summed E-state index contributed by atoms with van der Waals surface area (Å²) in [5.74, 6) is 0.715. The van der Waals surface area contributed by atoms with Crippen molar-refractivity contribution in [3.63, 3.8) is 0 Å². The van der Waals surface area contributed by atoms with E-state index in [1.54, 1.807) is 0 Å². The minimum atomic E-state index is 0.222. The molecule has 1 aliphatic carbocycles. The zero-order valence-electron chi connectivity index (χ0n) is 15.0. The van der Waals surface area contributed by atoms with E-state index in [4.69, 9.17) is 11.6 Å². The topological polar surface area (TPSA) is 12.0 Å². The number of benzene rings is 2. The van der Waals surface area contributed by atoms with Crippen LogP contribution in [0.3, 0.4) is 0 Å². The van der Waals surface area contributed by atoms with Crippen LogP contribution in [0.5, 0.6) is 0 Å². The second-order valence-corrected chi connectivity index (χ2v) is 8.41. The third kappa shape index (κ3) is 4.62. The van der Waals surface area contributed by atoms with Gasteiger partial charge in [-0.3, -0.25) is 0 Å². The van der Waals surface area contributed by atoms with Gasteiger partial charge in [-0.15, -0.1) is 0 Å². The Hall–Kier alpha value is -1.31. The predicted octanol–water partition coefficient (Wildman–Crippen LogP) is 5.85. The van der Waals surface area contributed by atoms with Crippen molar-refractivity contribution in [2.45, 2.75) is 57.9 Å². The molecule has 0 amide bonds. The first kappa shape index (κ1) is 17.5. The molecule has 0 aromatic heterocycles. The fraction of sp³-hybridized carbons (Fsp3) is 0.455. The van der Waals surface area contributed by atoms with Crippen molar-refractivity contribution in [2.24, 2.45) is 0 Å². The normalized spacial score (nSPS) is 14.8. The van der Waals surface area contributed by atoms with Crippen LogP contribution in [-0.2, 0) is 18.4 Å². The maximum absolute atomic E-state index is 6.30. The highest BCUT2D eigenvalue weighted by molar-refractivity contribution is 6.31. The molecular weight excluding hydrogens is 314 g/mol. The van der Waals surface area contributed by atoms with Gasteiger partial charge in [-0.1, -0.05) is 68.8 Å². The summed E-state index contributed by atoms with van der Waals surface area (Å²) in [5, 5.41) is 4.49. The van der Waals surface area contributed by atoms with E-state index in [9.17, 15) is 0 Å². The molecular formula is C22H28ClN. The summed E-state index contributed by atoms with van der Waals surface area (Å²) in [7, 11) is 0. The third-order valence-electron chi connectivity index (χ3n) is 4.82. The molecule has 1 fully saturated rings. The van der Waals surface area contributed by atoms with E-state index in [2.05, 4.69) is 68.6 Å². The Morgan fingerprint density at radius 2 is 1.67 bits per heavy atom. The minimum Gasteiger partial charge on any atom is -0.312 e. The largest absolute Gasteiger partial charge is 0.312 e. The molecule has 2 heteroatoms. The van der Waals surface area contributed by atoms with Gasteiger partial charge in [-0.05, 0) is 65.5 Å². The van der Waals surface area contributed by atoms with E-state index in [1.807, 2.05) is 0 Å². The summed E-state index contributed by atoms with van der Waals surface area (Å²) in [6.07, 6.45) is 3.65. The molecule has 3 rings (SSSR count). The maximum atomic E-state index is 6.30. The summed E-state index contributed by atoms with van der Waals surface area (Å²) in [4.78, 5) is 0. The van der Waals surface area contributed by atoms with Gasteiger partial charge in [0.2, 0.25) is 0 Å². The van der Waals surface area contributed by atoms with Crippen LogP contribution >= 0.6 is 11.6 Å². The van der Waals surface area contributed by atoms with E-state index >= 15 is 0 Å². The van der Waals surface area contributed by atoms with Crippen LogP contribution in [0, 0.1) is 0 Å². The Morgan fingerprint density at radius 3 is 2.29 bits per heavy atom. The first-order valence-corrected chi connectivity index (χ1v) is 9.40. The van der Waals surface area contributed by atoms with Gasteiger partial charge in [0.1, 0.15) is 0 Å². The van der Waals surface area contributed by atoms with Crippen LogP contribution in [-0.4, -0.2) is 6.54 Å². The molecule has 128 valence electrons. The van der Waals surface area contributed by atoms with E-state index in [-0.39, 0.29) is 5.41 Å². The Kier molecular flexibility index (Phi) is 5.32. The molecule has 0 atom stereocenters. The van der Waals surface area contributed by atoms with E-state index in [1.165, 1.54) is 35.1 Å². The minimum absolute atomic E-state index is 0.222. The molecule has 0 aliphatic heterocycles. The average Bonchev–Trinajstić information content (AvgIpc) is 3.37. The van der Waals surface area contributed by atoms with Gasteiger partial charge in [0, 0.05) is 11.6 Å². The van der Waals surface area contributed by atoms with Gasteiger partial charge in [0.15, 0.2) is 0 Å². The Labute approximate surface area is 151 Å². The summed E-state index contributed by atoms with van der Waals surface area (Å²) in [6.45, 7) is 8.67. The van der Waals surface area contributed by atoms with Crippen molar-refractivity contribution in [3.05, 3.63) is 69.7 Å². The van der Waals surface area contributed by atoms with E-state index < -0.39 is 0 Å². The molecule has 1 N–H and O–H groups in total. The van der Waals surface area contributed by atoms with Crippen molar-refractivity contribution in [2.75, 3.05) is 6.54 Å². The van der Waals surface area contributed by atoms with Crippen LogP contribution in [0.1, 0.15) is 61.8 Å². The van der Waals surface area contributed by atoms with Crippen molar-refractivity contribution in [3.8, 4) is 0 Å². The van der Waals surface area contributed by atoms with Gasteiger partial charge in [0.05, 0.1) is 0 Å². The summed E-state index contributed by atoms with van der Waals surface area (Å²) < 4.78 is 0. The van der Waals surface area contributed by atoms with Crippen LogP contribution in [0.25, 0.3) is 0 Å². The first-order chi connectivity index (χ1) is 11.4. The number of hydrogen-bond acceptors (Lipinski definition) is 1. The van der Waals surface area contributed by atoms with Crippen molar-refractivity contribution in [1.82, 2.24) is 5.32 Å². The molecule has 0 spiro atoms. The monoisotopic (exact) mass is 341 g/mol. The Morgan fingerprint density at radius 1 is 1.00 bits per heavy atom. The second kappa shape index (κ2) is 7.29. The van der Waals surface area contributed by atoms with E-state index in [0.717, 1.165) is 24.5 Å². The smallest absolute Gasteiger partial charge is 0.0441 e. The van der Waals surface area contributed by atoms with Crippen molar-refractivity contribution >= 4 is 11.6 Å². The maximum Gasteiger partial charge on any atom is 0.0441 e. The lowest BCUT2D eigenvalue weighted by atomic mass is 9.87. The highest BCUT2D eigenvalue weighted by atomic mass is 35.5. The lowest BCUT2D eigenvalue weighted by Crippen LogP contribution is -2.17. The molecule has 0 bridgehead atoms. The lowest BCUT2D eigenvalue weighted by Gasteiger charge is -2.19. The fourth-order valence-corrected chi connectivity index (χ4v) is 3.32. The molecule has 0 saturated heterocycles. The van der Waals surface area contributed by atoms with Crippen LogP contribution in [0.15, 0.2) is 42.5 Å². The quantitative estimate of drug-likeness (QED) is 0.650. The van der Waals surface area contributed by atoms with Crippen LogP contribution in [0.4, 0.5) is 0 Å². The van der Waals surface area contributed by atoms with Gasteiger partial charge in [-0.2, -0.15) is 0 Å². The lowest BCUT2D eigenvalue weighted by molar-refractivity contribution is 0.589. The molecule has 0 radical (unpaired) electrons. The standard InChI is InChI=1S/C22H28ClN/c1-22(2,3)19-9-4-17(5-10-19)15-24-13-12-16-6-11-21(23)20(14-16)18-7-8-18/h4-6,9-11,14,18,24H,7-8,12-13,15H2,1-3H3. The Balaban J connectivity index is 1.48. The highest BCUT2D eigenvalue weighted by Crippen LogP contribution is 2.43. The predicted molar refractivity (Wildman–Crippen MR) is 104 cm³/mol. The average molecular weight is 342 g/mol. The molecule has 2 aromatic rings. The molecule has 1 aliphatic rings. The number of hydrogen-bond donors (Lipinski definition) is 1. The molecule has 0 heterocycles. The number of nitrogens with one attached hydrogen (secondary N) is 1. The zero-order chi connectivity index (χ0) is 17.2. The SMILES string of the molecule is CC(C)(C)c1ccc(CNCCc2ccc(Cl)c(C3CC3)c2)cc1. The fourth-order valence-electron chi connectivity index (χ4n) is 3.04. The van der Waals surface area contributed by atoms with E-state index in [0.29, 0.717) is 5.92 Å². The molecule has 24 heavy (non-hydrogen) atoms. The van der Waals surface area contributed by atoms with Gasteiger partial charge >= 0.3 is 0 Å². The molecule has 0 unspecified atom stereocenters. The van der Waals surface area contributed by atoms with Crippen molar-refractivity contribution in [1.29, 1.82) is 0 Å². The summed E-state index contributed by atoms with van der Waals surface area (Å²) in [5.41, 5.74) is 5.70. The van der Waals surface area contributed by atoms with Gasteiger partial charge in [0.25, 0.3) is 0 Å². The van der Waals surface area contributed by atoms with Crippen molar-refractivity contribution < 1.29 is 0 Å². The highest BCUT2D eigenvalue weighted by Gasteiger charge is 2.25.